The molecule has 190 valence electrons. The average Bonchev–Trinajstić information content (AvgIpc) is 3.24. The minimum atomic E-state index is -1.27. The highest BCUT2D eigenvalue weighted by atomic mass is 35.5. The third-order valence-electron chi connectivity index (χ3n) is 6.63. The van der Waals surface area contributed by atoms with Crippen molar-refractivity contribution in [3.05, 3.63) is 70.0 Å². The lowest BCUT2D eigenvalue weighted by Gasteiger charge is -2.43. The van der Waals surface area contributed by atoms with Crippen molar-refractivity contribution >= 4 is 35.0 Å². The molecule has 0 unspecified atom stereocenters. The van der Waals surface area contributed by atoms with Crippen LogP contribution < -0.4 is 5.32 Å². The number of piperidine rings is 1. The van der Waals surface area contributed by atoms with Crippen LogP contribution in [-0.4, -0.2) is 56.1 Å². The lowest BCUT2D eigenvalue weighted by molar-refractivity contribution is -0.153. The number of carboxylic acid groups (broad SMARTS) is 1. The number of hydrogen-bond donors (Lipinski definition) is 3. The Morgan fingerprint density at radius 2 is 2.06 bits per heavy atom. The van der Waals surface area contributed by atoms with E-state index in [0.717, 1.165) is 5.69 Å². The monoisotopic (exact) mass is 517 g/mol. The van der Waals surface area contributed by atoms with Gasteiger partial charge in [-0.3, -0.25) is 19.6 Å². The van der Waals surface area contributed by atoms with Gasteiger partial charge in [-0.1, -0.05) is 17.7 Å². The number of nitrogens with zero attached hydrogens (tertiary/aromatic N) is 3. The summed E-state index contributed by atoms with van der Waals surface area (Å²) >= 11 is 5.80. The summed E-state index contributed by atoms with van der Waals surface area (Å²) in [6, 6.07) is 8.39. The molecule has 1 aromatic carbocycles. The molecule has 11 heteroatoms. The number of ketones is 1. The van der Waals surface area contributed by atoms with Crippen LogP contribution in [0, 0.1) is 24.0 Å². The number of benzene rings is 1. The number of aromatic amines is 1. The molecule has 3 heterocycles. The molecule has 0 amide bonds. The summed E-state index contributed by atoms with van der Waals surface area (Å²) in [5.41, 5.74) is -0.503. The minimum absolute atomic E-state index is 0.0346. The van der Waals surface area contributed by atoms with Crippen molar-refractivity contribution < 1.29 is 23.5 Å². The van der Waals surface area contributed by atoms with E-state index in [1.807, 2.05) is 11.8 Å². The van der Waals surface area contributed by atoms with Crippen LogP contribution in [0.25, 0.3) is 0 Å². The number of carbonyl (C=O) groups is 2. The van der Waals surface area contributed by atoms with Crippen molar-refractivity contribution in [3.63, 3.8) is 0 Å². The van der Waals surface area contributed by atoms with Gasteiger partial charge in [-0.2, -0.15) is 5.10 Å². The maximum Gasteiger partial charge on any atom is 0.310 e. The van der Waals surface area contributed by atoms with Gasteiger partial charge in [-0.25, -0.2) is 13.8 Å². The van der Waals surface area contributed by atoms with Gasteiger partial charge in [0.05, 0.1) is 28.2 Å². The summed E-state index contributed by atoms with van der Waals surface area (Å²) in [5, 5.41) is 19.9. The number of aromatic nitrogens is 3. The van der Waals surface area contributed by atoms with E-state index < -0.39 is 28.8 Å². The molecular formula is C25H26ClF2N5O3. The Balaban J connectivity index is 1.49. The first-order valence-electron chi connectivity index (χ1n) is 11.5. The number of aliphatic carboxylic acids is 1. The molecule has 1 saturated heterocycles. The zero-order chi connectivity index (χ0) is 26.0. The second kappa shape index (κ2) is 10.3. The summed E-state index contributed by atoms with van der Waals surface area (Å²) in [4.78, 5) is 31.3. The fourth-order valence-corrected chi connectivity index (χ4v) is 4.82. The van der Waals surface area contributed by atoms with Crippen molar-refractivity contribution in [3.8, 4) is 0 Å². The van der Waals surface area contributed by atoms with E-state index in [-0.39, 0.29) is 54.7 Å². The maximum atomic E-state index is 14.7. The Bertz CT molecular complexity index is 1300. The second-order valence-electron chi connectivity index (χ2n) is 9.25. The van der Waals surface area contributed by atoms with E-state index in [9.17, 15) is 23.5 Å². The van der Waals surface area contributed by atoms with Crippen LogP contribution in [0.4, 0.5) is 20.4 Å². The molecule has 1 fully saturated rings. The number of pyridine rings is 1. The van der Waals surface area contributed by atoms with E-state index in [2.05, 4.69) is 20.5 Å². The highest BCUT2D eigenvalue weighted by Crippen LogP contribution is 2.39. The highest BCUT2D eigenvalue weighted by molar-refractivity contribution is 6.31. The lowest BCUT2D eigenvalue weighted by atomic mass is 9.72. The van der Waals surface area contributed by atoms with Crippen molar-refractivity contribution in [2.75, 3.05) is 18.4 Å². The van der Waals surface area contributed by atoms with Gasteiger partial charge in [0.15, 0.2) is 17.4 Å². The van der Waals surface area contributed by atoms with Crippen LogP contribution in [0.3, 0.4) is 0 Å². The summed E-state index contributed by atoms with van der Waals surface area (Å²) in [5.74, 6) is -2.00. The number of nitrogens with one attached hydrogen (secondary N) is 2. The van der Waals surface area contributed by atoms with Gasteiger partial charge in [-0.15, -0.1) is 0 Å². The molecule has 4 rings (SSSR count). The van der Waals surface area contributed by atoms with Crippen molar-refractivity contribution in [1.29, 1.82) is 0 Å². The fourth-order valence-electron chi connectivity index (χ4n) is 4.64. The third kappa shape index (κ3) is 5.39. The van der Waals surface area contributed by atoms with Gasteiger partial charge < -0.3 is 10.4 Å². The third-order valence-corrected chi connectivity index (χ3v) is 6.92. The second-order valence-corrected chi connectivity index (χ2v) is 9.65. The quantitative estimate of drug-likeness (QED) is 0.369. The standard InChI is InChI=1S/C25H26ClF2N5O3/c1-14-10-22(32-31-14)30-21-7-6-18(27)19(29-21)12-25(24(35)36)8-9-33(15(2)11-25)13-20(34)16-4-3-5-17(26)23(16)28/h3-7,10,15H,8-9,11-13H2,1-2H3,(H,35,36)(H2,29,30,31,32)/t15-,25-/m1/s1. The topological polar surface area (TPSA) is 111 Å². The zero-order valence-electron chi connectivity index (χ0n) is 19.8. The molecule has 3 aromatic rings. The molecule has 0 saturated carbocycles. The van der Waals surface area contributed by atoms with Crippen LogP contribution in [0.5, 0.6) is 0 Å². The molecule has 1 aliphatic heterocycles. The normalized spacial score (nSPS) is 20.3. The number of Topliss-reactive ketones (excluding diaryl/α,β-unsaturated/α-hetero) is 1. The molecule has 0 spiro atoms. The number of hydrogen-bond acceptors (Lipinski definition) is 6. The minimum Gasteiger partial charge on any atom is -0.481 e. The van der Waals surface area contributed by atoms with Gasteiger partial charge >= 0.3 is 5.97 Å². The predicted molar refractivity (Wildman–Crippen MR) is 131 cm³/mol. The summed E-state index contributed by atoms with van der Waals surface area (Å²) in [6.07, 6.45) is 0.235. The van der Waals surface area contributed by atoms with Crippen molar-refractivity contribution in [2.24, 2.45) is 5.41 Å². The van der Waals surface area contributed by atoms with Crippen LogP contribution in [-0.2, 0) is 11.2 Å². The number of likely N-dealkylation sites (tertiary alicyclic amines) is 1. The van der Waals surface area contributed by atoms with Crippen LogP contribution in [0.1, 0.15) is 41.5 Å². The Hall–Kier alpha value is -3.37. The van der Waals surface area contributed by atoms with Crippen LogP contribution in [0.15, 0.2) is 36.4 Å². The van der Waals surface area contributed by atoms with Gasteiger partial charge in [0.2, 0.25) is 0 Å². The Labute approximate surface area is 211 Å². The van der Waals surface area contributed by atoms with Gasteiger partial charge in [0.1, 0.15) is 11.6 Å². The lowest BCUT2D eigenvalue weighted by Crippen LogP contribution is -2.51. The van der Waals surface area contributed by atoms with Crippen LogP contribution in [0.2, 0.25) is 5.02 Å². The van der Waals surface area contributed by atoms with Crippen molar-refractivity contribution in [2.45, 2.75) is 39.2 Å². The average molecular weight is 518 g/mol. The number of carbonyl (C=O) groups excluding carboxylic acids is 1. The summed E-state index contributed by atoms with van der Waals surface area (Å²) in [6.45, 7) is 3.84. The number of anilines is 2. The van der Waals surface area contributed by atoms with E-state index in [0.29, 0.717) is 11.6 Å². The maximum absolute atomic E-state index is 14.7. The first kappa shape index (κ1) is 25.7. The Kier molecular flexibility index (Phi) is 7.37. The molecule has 2 atom stereocenters. The first-order valence-corrected chi connectivity index (χ1v) is 11.8. The molecule has 0 radical (unpaired) electrons. The molecule has 0 aliphatic carbocycles. The van der Waals surface area contributed by atoms with E-state index >= 15 is 0 Å². The Morgan fingerprint density at radius 3 is 2.72 bits per heavy atom. The smallest absolute Gasteiger partial charge is 0.310 e. The van der Waals surface area contributed by atoms with Crippen LogP contribution >= 0.6 is 11.6 Å². The van der Waals surface area contributed by atoms with Gasteiger partial charge in [0.25, 0.3) is 0 Å². The number of rotatable bonds is 8. The molecule has 2 aromatic heterocycles. The van der Waals surface area contributed by atoms with Crippen molar-refractivity contribution in [1.82, 2.24) is 20.1 Å². The summed E-state index contributed by atoms with van der Waals surface area (Å²) in [7, 11) is 0. The molecular weight excluding hydrogens is 492 g/mol. The van der Waals surface area contributed by atoms with Gasteiger partial charge in [-0.05, 0) is 51.0 Å². The molecule has 0 bridgehead atoms. The SMILES string of the molecule is Cc1cc(Nc2ccc(F)c(C[C@@]3(C(=O)O)CCN(CC(=O)c4cccc(Cl)c4F)[C@H](C)C3)n2)n[nH]1. The number of halogens is 3. The highest BCUT2D eigenvalue weighted by Gasteiger charge is 2.45. The largest absolute Gasteiger partial charge is 0.481 e. The predicted octanol–water partition coefficient (Wildman–Crippen LogP) is 4.77. The van der Waals surface area contributed by atoms with E-state index in [4.69, 9.17) is 11.6 Å². The number of H-pyrrole nitrogens is 1. The molecule has 36 heavy (non-hydrogen) atoms. The zero-order valence-corrected chi connectivity index (χ0v) is 20.6. The Morgan fingerprint density at radius 1 is 1.28 bits per heavy atom. The first-order chi connectivity index (χ1) is 17.1. The number of carboxylic acids is 1. The molecule has 8 nitrogen and oxygen atoms in total. The molecule has 1 aliphatic rings. The van der Waals surface area contributed by atoms with E-state index in [1.54, 1.807) is 13.0 Å². The fraction of sp³-hybridized carbons (Fsp3) is 0.360. The summed E-state index contributed by atoms with van der Waals surface area (Å²) < 4.78 is 29.0. The number of aryl methyl sites for hydroxylation is 1. The van der Waals surface area contributed by atoms with E-state index in [1.165, 1.54) is 30.3 Å². The molecule has 3 N–H and O–H groups in total. The van der Waals surface area contributed by atoms with Gasteiger partial charge in [0, 0.05) is 30.8 Å².